The van der Waals surface area contributed by atoms with Crippen molar-refractivity contribution in [2.45, 2.75) is 43.7 Å². The van der Waals surface area contributed by atoms with Crippen molar-refractivity contribution in [3.8, 4) is 0 Å². The van der Waals surface area contributed by atoms with E-state index < -0.39 is 16.0 Å². The lowest BCUT2D eigenvalue weighted by atomic mass is 9.87. The fourth-order valence-electron chi connectivity index (χ4n) is 3.64. The van der Waals surface area contributed by atoms with Gasteiger partial charge in [-0.2, -0.15) is 0 Å². The molecule has 2 aromatic rings. The van der Waals surface area contributed by atoms with Crippen molar-refractivity contribution >= 4 is 21.9 Å². The Labute approximate surface area is 182 Å². The van der Waals surface area contributed by atoms with Gasteiger partial charge in [-0.3, -0.25) is 9.59 Å². The molecule has 1 atom stereocenters. The maximum absolute atomic E-state index is 12.5. The quantitative estimate of drug-likeness (QED) is 0.613. The van der Waals surface area contributed by atoms with Crippen LogP contribution in [0.15, 0.2) is 35.5 Å². The first-order chi connectivity index (χ1) is 14.7. The summed E-state index contributed by atoms with van der Waals surface area (Å²) >= 11 is 0. The van der Waals surface area contributed by atoms with Crippen LogP contribution in [-0.2, 0) is 37.8 Å². The maximum atomic E-state index is 12.5. The molecule has 10 heteroatoms. The van der Waals surface area contributed by atoms with Gasteiger partial charge in [-0.1, -0.05) is 24.3 Å². The van der Waals surface area contributed by atoms with E-state index in [1.165, 1.54) is 11.8 Å². The Kier molecular flexibility index (Phi) is 7.11. The average Bonchev–Trinajstić information content (AvgIpc) is 3.10. The summed E-state index contributed by atoms with van der Waals surface area (Å²) in [5.74, 6) is -0.381. The van der Waals surface area contributed by atoms with Gasteiger partial charge in [0.05, 0.1) is 12.5 Å². The van der Waals surface area contributed by atoms with Crippen molar-refractivity contribution in [2.24, 2.45) is 7.05 Å². The molecule has 1 aliphatic carbocycles. The predicted molar refractivity (Wildman–Crippen MR) is 114 cm³/mol. The van der Waals surface area contributed by atoms with Crippen molar-refractivity contribution in [1.29, 1.82) is 0 Å². The average molecular weight is 449 g/mol. The molecule has 0 aliphatic heterocycles. The van der Waals surface area contributed by atoms with Gasteiger partial charge in [0.1, 0.15) is 5.82 Å². The highest BCUT2D eigenvalue weighted by atomic mass is 32.2. The third kappa shape index (κ3) is 5.50. The van der Waals surface area contributed by atoms with E-state index in [0.717, 1.165) is 24.8 Å². The zero-order chi connectivity index (χ0) is 22.6. The van der Waals surface area contributed by atoms with Crippen LogP contribution in [0.2, 0.25) is 0 Å². The lowest BCUT2D eigenvalue weighted by Crippen LogP contribution is -2.36. The number of fused-ring (bicyclic) bond motifs is 1. The standard InChI is InChI=1S/C21H28N4O5S/c1-15-23-19(13-24(15)2)31(28,29)22-12-11-21(27)30-14-20(26)25(3)18-10-6-8-16-7-4-5-9-17(16)18/h4-5,7,9,13,18,22H,6,8,10-12,14H2,1-3H3. The molecule has 1 amide bonds. The summed E-state index contributed by atoms with van der Waals surface area (Å²) in [5, 5.41) is -0.106. The minimum Gasteiger partial charge on any atom is -0.456 e. The summed E-state index contributed by atoms with van der Waals surface area (Å²) in [6.45, 7) is 1.17. The van der Waals surface area contributed by atoms with Crippen LogP contribution < -0.4 is 4.72 Å². The van der Waals surface area contributed by atoms with Crippen LogP contribution in [0.3, 0.4) is 0 Å². The molecule has 1 N–H and O–H groups in total. The summed E-state index contributed by atoms with van der Waals surface area (Å²) in [4.78, 5) is 30.1. The van der Waals surface area contributed by atoms with E-state index in [2.05, 4.69) is 15.8 Å². The molecule has 9 nitrogen and oxygen atoms in total. The second-order valence-corrected chi connectivity index (χ2v) is 9.37. The third-order valence-electron chi connectivity index (χ3n) is 5.54. The number of esters is 1. The largest absolute Gasteiger partial charge is 0.456 e. The van der Waals surface area contributed by atoms with Crippen LogP contribution in [0.4, 0.5) is 0 Å². The number of carbonyl (C=O) groups is 2. The second kappa shape index (κ2) is 9.61. The molecule has 1 aromatic carbocycles. The minimum absolute atomic E-state index is 0.0372. The highest BCUT2D eigenvalue weighted by Gasteiger charge is 2.27. The molecule has 1 aliphatic rings. The molecule has 168 valence electrons. The van der Waals surface area contributed by atoms with Gasteiger partial charge in [-0.15, -0.1) is 0 Å². The van der Waals surface area contributed by atoms with Crippen LogP contribution in [0.25, 0.3) is 0 Å². The van der Waals surface area contributed by atoms with Crippen LogP contribution in [-0.4, -0.2) is 54.9 Å². The number of ether oxygens (including phenoxy) is 1. The van der Waals surface area contributed by atoms with Gasteiger partial charge >= 0.3 is 5.97 Å². The number of rotatable bonds is 8. The van der Waals surface area contributed by atoms with Gasteiger partial charge in [-0.25, -0.2) is 18.1 Å². The Bertz CT molecular complexity index is 1040. The number of hydrogen-bond donors (Lipinski definition) is 1. The van der Waals surface area contributed by atoms with Gasteiger partial charge < -0.3 is 14.2 Å². The lowest BCUT2D eigenvalue weighted by Gasteiger charge is -2.33. The zero-order valence-corrected chi connectivity index (χ0v) is 18.8. The molecule has 31 heavy (non-hydrogen) atoms. The molecule has 1 aromatic heterocycles. The van der Waals surface area contributed by atoms with Gasteiger partial charge in [0.25, 0.3) is 15.9 Å². The number of sulfonamides is 1. The summed E-state index contributed by atoms with van der Waals surface area (Å²) in [7, 11) is -0.403. The van der Waals surface area contributed by atoms with Crippen LogP contribution in [0, 0.1) is 6.92 Å². The summed E-state index contributed by atoms with van der Waals surface area (Å²) < 4.78 is 33.4. The first-order valence-electron chi connectivity index (χ1n) is 10.2. The number of nitrogens with one attached hydrogen (secondary N) is 1. The SMILES string of the molecule is Cc1nc(S(=O)(=O)NCCC(=O)OCC(=O)N(C)C2CCCc3ccccc32)cn1C. The molecule has 0 bridgehead atoms. The molecular formula is C21H28N4O5S. The number of amides is 1. The monoisotopic (exact) mass is 448 g/mol. The lowest BCUT2D eigenvalue weighted by molar-refractivity contribution is -0.152. The van der Waals surface area contributed by atoms with E-state index in [0.29, 0.717) is 5.82 Å². The molecule has 0 saturated heterocycles. The van der Waals surface area contributed by atoms with Gasteiger partial charge in [0.15, 0.2) is 11.6 Å². The molecule has 0 fully saturated rings. The molecule has 0 radical (unpaired) electrons. The van der Waals surface area contributed by atoms with E-state index in [4.69, 9.17) is 4.74 Å². The van der Waals surface area contributed by atoms with Crippen molar-refractivity contribution in [3.05, 3.63) is 47.4 Å². The zero-order valence-electron chi connectivity index (χ0n) is 18.0. The van der Waals surface area contributed by atoms with Gasteiger partial charge in [0, 0.05) is 26.8 Å². The Morgan fingerprint density at radius 3 is 2.77 bits per heavy atom. The first kappa shape index (κ1) is 23.0. The van der Waals surface area contributed by atoms with Crippen LogP contribution in [0.1, 0.15) is 42.3 Å². The van der Waals surface area contributed by atoms with Crippen LogP contribution in [0.5, 0.6) is 0 Å². The number of carbonyl (C=O) groups excluding carboxylic acids is 2. The summed E-state index contributed by atoms with van der Waals surface area (Å²) in [6.07, 6.45) is 4.07. The van der Waals surface area contributed by atoms with Crippen molar-refractivity contribution < 1.29 is 22.7 Å². The number of nitrogens with zero attached hydrogens (tertiary/aromatic N) is 3. The topological polar surface area (TPSA) is 111 Å². The number of benzene rings is 1. The molecule has 1 heterocycles. The molecule has 1 unspecified atom stereocenters. The molecule has 0 spiro atoms. The second-order valence-electron chi connectivity index (χ2n) is 7.66. The van der Waals surface area contributed by atoms with E-state index in [1.54, 1.807) is 30.5 Å². The number of likely N-dealkylation sites (N-methyl/N-ethyl adjacent to an activating group) is 1. The van der Waals surface area contributed by atoms with Crippen molar-refractivity contribution in [3.63, 3.8) is 0 Å². The predicted octanol–water partition coefficient (Wildman–Crippen LogP) is 1.48. The summed E-state index contributed by atoms with van der Waals surface area (Å²) in [5.41, 5.74) is 2.38. The first-order valence-corrected chi connectivity index (χ1v) is 11.7. The Morgan fingerprint density at radius 2 is 2.06 bits per heavy atom. The van der Waals surface area contributed by atoms with Crippen molar-refractivity contribution in [2.75, 3.05) is 20.2 Å². The van der Waals surface area contributed by atoms with E-state index in [-0.39, 0.29) is 36.5 Å². The number of aryl methyl sites for hydroxylation is 3. The highest BCUT2D eigenvalue weighted by molar-refractivity contribution is 7.89. The van der Waals surface area contributed by atoms with E-state index in [1.807, 2.05) is 18.2 Å². The normalized spacial score (nSPS) is 15.9. The maximum Gasteiger partial charge on any atom is 0.307 e. The minimum atomic E-state index is -3.81. The molecule has 0 saturated carbocycles. The van der Waals surface area contributed by atoms with Crippen molar-refractivity contribution in [1.82, 2.24) is 19.2 Å². The summed E-state index contributed by atoms with van der Waals surface area (Å²) in [6, 6.07) is 8.03. The van der Waals surface area contributed by atoms with Gasteiger partial charge in [-0.05, 0) is 37.3 Å². The number of imidazole rings is 1. The number of hydrogen-bond acceptors (Lipinski definition) is 6. The Balaban J connectivity index is 1.46. The number of aromatic nitrogens is 2. The molecule has 3 rings (SSSR count). The third-order valence-corrected chi connectivity index (χ3v) is 6.87. The van der Waals surface area contributed by atoms with E-state index in [9.17, 15) is 18.0 Å². The Morgan fingerprint density at radius 1 is 1.32 bits per heavy atom. The highest BCUT2D eigenvalue weighted by Crippen LogP contribution is 2.33. The van der Waals surface area contributed by atoms with Gasteiger partial charge in [0.2, 0.25) is 0 Å². The van der Waals surface area contributed by atoms with Crippen LogP contribution >= 0.6 is 0 Å². The molecular weight excluding hydrogens is 420 g/mol. The smallest absolute Gasteiger partial charge is 0.307 e. The van der Waals surface area contributed by atoms with E-state index >= 15 is 0 Å². The Hall–Kier alpha value is -2.72. The fraction of sp³-hybridized carbons (Fsp3) is 0.476. The fourth-order valence-corrected chi connectivity index (χ4v) is 4.71.